The van der Waals surface area contributed by atoms with E-state index in [1.54, 1.807) is 30.0 Å². The predicted molar refractivity (Wildman–Crippen MR) is 96.6 cm³/mol. The molecule has 0 unspecified atom stereocenters. The monoisotopic (exact) mass is 384 g/mol. The van der Waals surface area contributed by atoms with Gasteiger partial charge in [-0.05, 0) is 49.0 Å². The van der Waals surface area contributed by atoms with E-state index in [1.165, 1.54) is 10.4 Å². The fraction of sp³-hybridized carbons (Fsp3) is 0.500. The quantitative estimate of drug-likeness (QED) is 0.811. The minimum absolute atomic E-state index is 0.100. The normalized spacial score (nSPS) is 21.7. The van der Waals surface area contributed by atoms with Gasteiger partial charge in [-0.15, -0.1) is 0 Å². The van der Waals surface area contributed by atoms with Gasteiger partial charge >= 0.3 is 5.97 Å². The third kappa shape index (κ3) is 3.62. The molecule has 0 aliphatic carbocycles. The zero-order valence-electron chi connectivity index (χ0n) is 13.6. The maximum atomic E-state index is 12.6. The molecular formula is C16H20N2O5S2. The molecule has 9 heteroatoms. The van der Waals surface area contributed by atoms with Crippen LogP contribution in [-0.2, 0) is 14.8 Å². The lowest BCUT2D eigenvalue weighted by molar-refractivity contribution is -0.144. The number of anilines is 1. The number of rotatable bonds is 4. The highest BCUT2D eigenvalue weighted by Gasteiger charge is 2.41. The smallest absolute Gasteiger partial charge is 0.329 e. The van der Waals surface area contributed by atoms with Gasteiger partial charge in [0.25, 0.3) is 5.91 Å². The topological polar surface area (TPSA) is 104 Å². The second-order valence-corrected chi connectivity index (χ2v) is 9.48. The van der Waals surface area contributed by atoms with Crippen LogP contribution in [0.1, 0.15) is 29.6 Å². The zero-order chi connectivity index (χ0) is 18.1. The van der Waals surface area contributed by atoms with Crippen LogP contribution in [0.3, 0.4) is 0 Å². The molecule has 0 spiro atoms. The van der Waals surface area contributed by atoms with E-state index in [4.69, 9.17) is 0 Å². The van der Waals surface area contributed by atoms with Crippen LogP contribution in [0, 0.1) is 0 Å². The van der Waals surface area contributed by atoms with Gasteiger partial charge in [-0.25, -0.2) is 13.2 Å². The third-order valence-electron chi connectivity index (χ3n) is 4.60. The van der Waals surface area contributed by atoms with E-state index in [2.05, 4.69) is 5.32 Å². The van der Waals surface area contributed by atoms with Crippen LogP contribution in [0.25, 0.3) is 0 Å². The van der Waals surface area contributed by atoms with Gasteiger partial charge in [0.05, 0.1) is 11.4 Å². The summed E-state index contributed by atoms with van der Waals surface area (Å²) in [5, 5.41) is 12.2. The van der Waals surface area contributed by atoms with Gasteiger partial charge in [-0.2, -0.15) is 11.8 Å². The number of benzene rings is 1. The Hall–Kier alpha value is -1.74. The Bertz CT molecular complexity index is 787. The number of hydrogen-bond donors (Lipinski definition) is 2. The number of nitrogens with zero attached hydrogens (tertiary/aromatic N) is 1. The molecule has 0 radical (unpaired) electrons. The number of carboxylic acid groups (broad SMARTS) is 1. The van der Waals surface area contributed by atoms with Crippen molar-refractivity contribution >= 4 is 39.3 Å². The van der Waals surface area contributed by atoms with Crippen LogP contribution < -0.4 is 9.62 Å². The predicted octanol–water partition coefficient (Wildman–Crippen LogP) is 1.31. The summed E-state index contributed by atoms with van der Waals surface area (Å²) in [6, 6.07) is 6.33. The molecule has 2 heterocycles. The van der Waals surface area contributed by atoms with Gasteiger partial charge in [-0.1, -0.05) is 6.07 Å². The number of amides is 1. The van der Waals surface area contributed by atoms with Crippen LogP contribution in [0.2, 0.25) is 0 Å². The molecule has 2 saturated heterocycles. The van der Waals surface area contributed by atoms with E-state index >= 15 is 0 Å². The fourth-order valence-corrected chi connectivity index (χ4v) is 5.88. The molecule has 0 saturated carbocycles. The van der Waals surface area contributed by atoms with Crippen LogP contribution in [-0.4, -0.2) is 54.7 Å². The number of sulfonamides is 1. The summed E-state index contributed by atoms with van der Waals surface area (Å²) < 4.78 is 25.4. The first-order valence-corrected chi connectivity index (χ1v) is 10.8. The van der Waals surface area contributed by atoms with Crippen molar-refractivity contribution in [3.05, 3.63) is 29.8 Å². The summed E-state index contributed by atoms with van der Waals surface area (Å²) in [6.45, 7) is 0.393. The summed E-state index contributed by atoms with van der Waals surface area (Å²) in [5.41, 5.74) is -0.551. The zero-order valence-corrected chi connectivity index (χ0v) is 15.2. The lowest BCUT2D eigenvalue weighted by Crippen LogP contribution is -2.56. The number of hydrogen-bond acceptors (Lipinski definition) is 5. The molecule has 1 aromatic carbocycles. The van der Waals surface area contributed by atoms with Crippen molar-refractivity contribution in [2.45, 2.75) is 24.8 Å². The number of carbonyl (C=O) groups excluding carboxylic acids is 1. The number of carbonyl (C=O) groups is 2. The van der Waals surface area contributed by atoms with Crippen molar-refractivity contribution in [2.75, 3.05) is 28.1 Å². The minimum Gasteiger partial charge on any atom is -0.480 e. The summed E-state index contributed by atoms with van der Waals surface area (Å²) >= 11 is 1.67. The molecule has 0 aromatic heterocycles. The van der Waals surface area contributed by atoms with E-state index in [-0.39, 0.29) is 11.3 Å². The molecule has 2 aliphatic rings. The summed E-state index contributed by atoms with van der Waals surface area (Å²) in [4.78, 5) is 24.3. The van der Waals surface area contributed by atoms with E-state index in [1.807, 2.05) is 0 Å². The first-order valence-electron chi connectivity index (χ1n) is 8.08. The van der Waals surface area contributed by atoms with Crippen LogP contribution in [0.15, 0.2) is 24.3 Å². The third-order valence-corrected chi connectivity index (χ3v) is 7.46. The van der Waals surface area contributed by atoms with Crippen LogP contribution >= 0.6 is 11.8 Å². The Morgan fingerprint density at radius 3 is 2.56 bits per heavy atom. The molecule has 3 rings (SSSR count). The molecule has 136 valence electrons. The Morgan fingerprint density at radius 2 is 1.96 bits per heavy atom. The van der Waals surface area contributed by atoms with Crippen molar-refractivity contribution in [2.24, 2.45) is 0 Å². The van der Waals surface area contributed by atoms with Crippen molar-refractivity contribution < 1.29 is 23.1 Å². The second kappa shape index (κ2) is 6.87. The van der Waals surface area contributed by atoms with Crippen LogP contribution in [0.5, 0.6) is 0 Å². The van der Waals surface area contributed by atoms with E-state index in [9.17, 15) is 23.1 Å². The number of thioether (sulfide) groups is 1. The maximum Gasteiger partial charge on any atom is 0.329 e. The molecule has 1 amide bonds. The largest absolute Gasteiger partial charge is 0.480 e. The van der Waals surface area contributed by atoms with Crippen molar-refractivity contribution in [3.8, 4) is 0 Å². The highest BCUT2D eigenvalue weighted by atomic mass is 32.2. The first-order chi connectivity index (χ1) is 11.8. The van der Waals surface area contributed by atoms with Crippen molar-refractivity contribution in [1.82, 2.24) is 5.32 Å². The van der Waals surface area contributed by atoms with Gasteiger partial charge in [-0.3, -0.25) is 9.10 Å². The number of nitrogens with one attached hydrogen (secondary N) is 1. The molecule has 2 N–H and O–H groups in total. The Labute approximate surface area is 150 Å². The lowest BCUT2D eigenvalue weighted by Gasteiger charge is -2.33. The molecule has 7 nitrogen and oxygen atoms in total. The Balaban J connectivity index is 1.83. The number of carboxylic acids is 1. The second-order valence-electron chi connectivity index (χ2n) is 6.25. The summed E-state index contributed by atoms with van der Waals surface area (Å²) in [5.74, 6) is -0.0623. The van der Waals surface area contributed by atoms with E-state index < -0.39 is 27.4 Å². The average Bonchev–Trinajstić information content (AvgIpc) is 2.95. The maximum absolute atomic E-state index is 12.6. The van der Waals surface area contributed by atoms with E-state index in [0.717, 1.165) is 0 Å². The van der Waals surface area contributed by atoms with Gasteiger partial charge < -0.3 is 10.4 Å². The van der Waals surface area contributed by atoms with Gasteiger partial charge in [0, 0.05) is 12.1 Å². The standard InChI is InChI=1S/C16H20N2O5S2/c19-14(17-16(15(20)21)5-8-24-9-6-16)12-3-1-4-13(11-12)18-7-2-10-25(18,22)23/h1,3-4,11H,2,5-10H2,(H,17,19)(H,20,21). The highest BCUT2D eigenvalue weighted by molar-refractivity contribution is 7.99. The van der Waals surface area contributed by atoms with Gasteiger partial charge in [0.1, 0.15) is 5.54 Å². The highest BCUT2D eigenvalue weighted by Crippen LogP contribution is 2.29. The Morgan fingerprint density at radius 1 is 1.24 bits per heavy atom. The Kier molecular flexibility index (Phi) is 4.97. The van der Waals surface area contributed by atoms with E-state index in [0.29, 0.717) is 43.0 Å². The summed E-state index contributed by atoms with van der Waals surface area (Å²) in [7, 11) is -3.33. The molecule has 25 heavy (non-hydrogen) atoms. The first kappa shape index (κ1) is 18.1. The van der Waals surface area contributed by atoms with Crippen molar-refractivity contribution in [3.63, 3.8) is 0 Å². The number of aliphatic carboxylic acids is 1. The molecule has 0 bridgehead atoms. The molecule has 0 atom stereocenters. The molecular weight excluding hydrogens is 364 g/mol. The SMILES string of the molecule is O=C(NC1(C(=O)O)CCSCC1)c1cccc(N2CCCS2(=O)=O)c1. The lowest BCUT2D eigenvalue weighted by atomic mass is 9.92. The minimum atomic E-state index is -3.33. The fourth-order valence-electron chi connectivity index (χ4n) is 3.13. The van der Waals surface area contributed by atoms with Gasteiger partial charge in [0.15, 0.2) is 0 Å². The van der Waals surface area contributed by atoms with Crippen molar-refractivity contribution in [1.29, 1.82) is 0 Å². The van der Waals surface area contributed by atoms with Crippen LogP contribution in [0.4, 0.5) is 5.69 Å². The summed E-state index contributed by atoms with van der Waals surface area (Å²) in [6.07, 6.45) is 1.30. The average molecular weight is 384 g/mol. The van der Waals surface area contributed by atoms with Gasteiger partial charge in [0.2, 0.25) is 10.0 Å². The molecule has 2 aliphatic heterocycles. The molecule has 2 fully saturated rings. The molecule has 1 aromatic rings.